The fraction of sp³-hybridized carbons (Fsp3) is 0.360. The fourth-order valence-corrected chi connectivity index (χ4v) is 4.09. The first-order valence-corrected chi connectivity index (χ1v) is 12.5. The van der Waals surface area contributed by atoms with E-state index in [4.69, 9.17) is 15.2 Å². The number of carbonyl (C=O) groups is 2. The van der Waals surface area contributed by atoms with Gasteiger partial charge in [0.25, 0.3) is 0 Å². The smallest absolute Gasteiger partial charge is 0.328 e. The van der Waals surface area contributed by atoms with Crippen LogP contribution in [0.15, 0.2) is 35.5 Å². The Kier molecular flexibility index (Phi) is 8.96. The second-order valence-corrected chi connectivity index (χ2v) is 8.85. The van der Waals surface area contributed by atoms with Crippen LogP contribution in [-0.4, -0.2) is 72.8 Å². The minimum Gasteiger partial charge on any atom is -0.496 e. The largest absolute Gasteiger partial charge is 0.496 e. The Morgan fingerprint density at radius 3 is 2.80 bits per heavy atom. The third kappa shape index (κ3) is 6.74. The Labute approximate surface area is 228 Å². The van der Waals surface area contributed by atoms with Crippen molar-refractivity contribution < 1.29 is 24.2 Å². The minimum absolute atomic E-state index is 0.0821. The van der Waals surface area contributed by atoms with Gasteiger partial charge in [0.1, 0.15) is 17.3 Å². The number of methoxy groups -OCH3 is 1. The van der Waals surface area contributed by atoms with Crippen LogP contribution in [0.3, 0.4) is 0 Å². The molecule has 212 valence electrons. The van der Waals surface area contributed by atoms with Crippen molar-refractivity contribution in [3.8, 4) is 11.8 Å². The highest BCUT2D eigenvalue weighted by molar-refractivity contribution is 5.84. The average molecular weight is 554 g/mol. The van der Waals surface area contributed by atoms with Crippen molar-refractivity contribution in [2.24, 2.45) is 0 Å². The monoisotopic (exact) mass is 553 g/mol. The van der Waals surface area contributed by atoms with Gasteiger partial charge in [0.15, 0.2) is 11.5 Å². The van der Waals surface area contributed by atoms with Crippen LogP contribution in [0.1, 0.15) is 30.2 Å². The SMILES string of the molecule is CCOc1nc(N)c2[nH]c(=O)n(Cc3ccc(CNCCC(=O)NC(Cc4cnc[nH]4)C(=O)O)cc3OC)c2n1. The number of benzene rings is 1. The summed E-state index contributed by atoms with van der Waals surface area (Å²) in [7, 11) is 1.54. The lowest BCUT2D eigenvalue weighted by atomic mass is 10.1. The van der Waals surface area contributed by atoms with Gasteiger partial charge in [0.05, 0.1) is 26.6 Å². The number of hydrogen-bond acceptors (Lipinski definition) is 10. The molecule has 0 fully saturated rings. The molecule has 15 nitrogen and oxygen atoms in total. The molecule has 3 heterocycles. The zero-order valence-corrected chi connectivity index (χ0v) is 22.1. The summed E-state index contributed by atoms with van der Waals surface area (Å²) in [5, 5.41) is 15.1. The molecule has 7 N–H and O–H groups in total. The number of nitrogens with zero attached hydrogens (tertiary/aromatic N) is 4. The van der Waals surface area contributed by atoms with Crippen molar-refractivity contribution in [1.82, 2.24) is 40.1 Å². The predicted octanol–water partition coefficient (Wildman–Crippen LogP) is 0.172. The van der Waals surface area contributed by atoms with E-state index in [9.17, 15) is 19.5 Å². The highest BCUT2D eigenvalue weighted by Gasteiger charge is 2.21. The lowest BCUT2D eigenvalue weighted by molar-refractivity contribution is -0.141. The Bertz CT molecular complexity index is 1530. The van der Waals surface area contributed by atoms with Crippen LogP contribution in [0.2, 0.25) is 0 Å². The van der Waals surface area contributed by atoms with Crippen LogP contribution < -0.4 is 31.5 Å². The van der Waals surface area contributed by atoms with Gasteiger partial charge in [-0.15, -0.1) is 0 Å². The summed E-state index contributed by atoms with van der Waals surface area (Å²) in [6.07, 6.45) is 3.18. The molecule has 3 aromatic heterocycles. The number of aromatic nitrogens is 6. The number of aromatic amines is 2. The Morgan fingerprint density at radius 1 is 1.27 bits per heavy atom. The molecule has 4 aromatic rings. The normalized spacial score (nSPS) is 11.8. The minimum atomic E-state index is -1.12. The summed E-state index contributed by atoms with van der Waals surface area (Å²) in [4.78, 5) is 54.2. The Morgan fingerprint density at radius 2 is 2.10 bits per heavy atom. The van der Waals surface area contributed by atoms with E-state index in [0.717, 1.165) is 11.1 Å². The number of rotatable bonds is 14. The van der Waals surface area contributed by atoms with E-state index in [1.54, 1.807) is 6.92 Å². The van der Waals surface area contributed by atoms with E-state index in [0.29, 0.717) is 42.3 Å². The van der Waals surface area contributed by atoms with Crippen molar-refractivity contribution in [3.05, 3.63) is 58.0 Å². The van der Waals surface area contributed by atoms with Crippen LogP contribution in [0.4, 0.5) is 5.82 Å². The standard InChI is InChI=1S/C25H31N9O6/c1-3-40-24-32-21(26)20-22(33-24)34(25(38)31-20)12-15-5-4-14(8-18(15)39-2)10-27-7-6-19(35)30-17(23(36)37)9-16-11-28-13-29-16/h4-5,8,11,13,17,27H,3,6-7,9-10,12H2,1-2H3,(H,28,29)(H,30,35)(H,31,38)(H,36,37)(H2,26,32,33). The van der Waals surface area contributed by atoms with E-state index in [1.165, 1.54) is 24.2 Å². The van der Waals surface area contributed by atoms with Gasteiger partial charge in [-0.2, -0.15) is 9.97 Å². The quantitative estimate of drug-likeness (QED) is 0.116. The molecule has 40 heavy (non-hydrogen) atoms. The molecule has 0 aliphatic rings. The molecule has 1 aromatic carbocycles. The van der Waals surface area contributed by atoms with Gasteiger partial charge in [-0.3, -0.25) is 9.36 Å². The molecule has 1 unspecified atom stereocenters. The molecule has 0 aliphatic heterocycles. The van der Waals surface area contributed by atoms with Gasteiger partial charge in [0, 0.05) is 43.4 Å². The fourth-order valence-electron chi connectivity index (χ4n) is 4.09. The van der Waals surface area contributed by atoms with Gasteiger partial charge < -0.3 is 40.9 Å². The second kappa shape index (κ2) is 12.8. The molecular formula is C25H31N9O6. The lowest BCUT2D eigenvalue weighted by Crippen LogP contribution is -2.43. The van der Waals surface area contributed by atoms with Crippen molar-refractivity contribution in [2.75, 3.05) is 26.0 Å². The summed E-state index contributed by atoms with van der Waals surface area (Å²) in [5.41, 5.74) is 8.47. The number of H-pyrrole nitrogens is 2. The van der Waals surface area contributed by atoms with Crippen LogP contribution >= 0.6 is 0 Å². The van der Waals surface area contributed by atoms with E-state index in [-0.39, 0.29) is 37.1 Å². The average Bonchev–Trinajstić information content (AvgIpc) is 3.55. The van der Waals surface area contributed by atoms with Crippen molar-refractivity contribution in [2.45, 2.75) is 38.9 Å². The molecule has 0 bridgehead atoms. The first-order valence-electron chi connectivity index (χ1n) is 12.5. The number of carboxylic acid groups (broad SMARTS) is 1. The molecular weight excluding hydrogens is 522 g/mol. The number of amides is 1. The van der Waals surface area contributed by atoms with Gasteiger partial charge in [-0.1, -0.05) is 12.1 Å². The van der Waals surface area contributed by atoms with Crippen molar-refractivity contribution in [1.29, 1.82) is 0 Å². The maximum atomic E-state index is 12.7. The van der Waals surface area contributed by atoms with Gasteiger partial charge in [0.2, 0.25) is 5.91 Å². The van der Waals surface area contributed by atoms with E-state index >= 15 is 0 Å². The number of hydrogen-bond donors (Lipinski definition) is 6. The number of ether oxygens (including phenoxy) is 2. The summed E-state index contributed by atoms with van der Waals surface area (Å²) in [6.45, 7) is 3.09. The number of fused-ring (bicyclic) bond motifs is 1. The highest BCUT2D eigenvalue weighted by atomic mass is 16.5. The Hall–Kier alpha value is -4.92. The van der Waals surface area contributed by atoms with Gasteiger partial charge in [-0.05, 0) is 18.6 Å². The molecule has 0 aliphatic carbocycles. The molecule has 1 atom stereocenters. The van der Waals surface area contributed by atoms with Crippen LogP contribution in [-0.2, 0) is 29.1 Å². The van der Waals surface area contributed by atoms with Crippen LogP contribution in [0.25, 0.3) is 11.2 Å². The first-order chi connectivity index (χ1) is 19.3. The molecule has 0 saturated heterocycles. The number of nitrogen functional groups attached to an aromatic ring is 1. The number of anilines is 1. The summed E-state index contributed by atoms with van der Waals surface area (Å²) in [6, 6.07) is 4.59. The van der Waals surface area contributed by atoms with E-state index in [2.05, 4.69) is 35.6 Å². The summed E-state index contributed by atoms with van der Waals surface area (Å²) < 4.78 is 12.4. The first kappa shape index (κ1) is 28.1. The number of imidazole rings is 2. The molecule has 15 heteroatoms. The van der Waals surface area contributed by atoms with Crippen molar-refractivity contribution >= 4 is 28.9 Å². The molecule has 0 saturated carbocycles. The van der Waals surface area contributed by atoms with E-state index in [1.807, 2.05) is 18.2 Å². The van der Waals surface area contributed by atoms with Gasteiger partial charge in [-0.25, -0.2) is 14.6 Å². The van der Waals surface area contributed by atoms with Gasteiger partial charge >= 0.3 is 17.7 Å². The van der Waals surface area contributed by atoms with Crippen LogP contribution in [0.5, 0.6) is 11.8 Å². The summed E-state index contributed by atoms with van der Waals surface area (Å²) in [5.74, 6) is -0.826. The number of carboxylic acids is 1. The van der Waals surface area contributed by atoms with Crippen molar-refractivity contribution in [3.63, 3.8) is 0 Å². The zero-order chi connectivity index (χ0) is 28.6. The number of nitrogens with two attached hydrogens (primary N) is 1. The number of carbonyl (C=O) groups excluding carboxylic acids is 1. The topological polar surface area (TPSA) is 215 Å². The number of nitrogens with one attached hydrogen (secondary N) is 4. The van der Waals surface area contributed by atoms with E-state index < -0.39 is 17.7 Å². The third-order valence-corrected chi connectivity index (χ3v) is 6.05. The molecule has 4 rings (SSSR count). The Balaban J connectivity index is 1.35. The van der Waals surface area contributed by atoms with Crippen LogP contribution in [0, 0.1) is 0 Å². The predicted molar refractivity (Wildman–Crippen MR) is 144 cm³/mol. The molecule has 1 amide bonds. The molecule has 0 spiro atoms. The highest BCUT2D eigenvalue weighted by Crippen LogP contribution is 2.24. The summed E-state index contributed by atoms with van der Waals surface area (Å²) >= 11 is 0. The maximum absolute atomic E-state index is 12.7. The third-order valence-electron chi connectivity index (χ3n) is 6.05. The zero-order valence-electron chi connectivity index (χ0n) is 22.1. The lowest BCUT2D eigenvalue weighted by Gasteiger charge is -2.14. The number of aliphatic carboxylic acids is 1. The molecule has 0 radical (unpaired) electrons. The second-order valence-electron chi connectivity index (χ2n) is 8.85. The maximum Gasteiger partial charge on any atom is 0.328 e.